The van der Waals surface area contributed by atoms with Crippen molar-refractivity contribution in [2.45, 2.75) is 46.1 Å². The monoisotopic (exact) mass is 242 g/mol. The van der Waals surface area contributed by atoms with Gasteiger partial charge in [0.2, 0.25) is 0 Å². The highest BCUT2D eigenvalue weighted by atomic mass is 16.5. The minimum Gasteiger partial charge on any atom is -0.381 e. The van der Waals surface area contributed by atoms with Crippen LogP contribution in [0.3, 0.4) is 0 Å². The van der Waals surface area contributed by atoms with Gasteiger partial charge in [-0.2, -0.15) is 0 Å². The molecule has 0 spiro atoms. The number of hydrogen-bond acceptors (Lipinski definition) is 3. The zero-order valence-electron chi connectivity index (χ0n) is 12.1. The SMILES string of the molecule is CCCNCC(C)(C)CN(C)C1CCOCC1. The van der Waals surface area contributed by atoms with Gasteiger partial charge < -0.3 is 15.0 Å². The summed E-state index contributed by atoms with van der Waals surface area (Å²) in [5.74, 6) is 0. The van der Waals surface area contributed by atoms with Gasteiger partial charge in [-0.15, -0.1) is 0 Å². The van der Waals surface area contributed by atoms with E-state index >= 15 is 0 Å². The Morgan fingerprint density at radius 3 is 2.53 bits per heavy atom. The molecule has 0 unspecified atom stereocenters. The van der Waals surface area contributed by atoms with E-state index in [0.717, 1.165) is 32.8 Å². The van der Waals surface area contributed by atoms with E-state index in [-0.39, 0.29) is 0 Å². The molecule has 0 saturated carbocycles. The van der Waals surface area contributed by atoms with E-state index in [1.54, 1.807) is 0 Å². The highest BCUT2D eigenvalue weighted by Crippen LogP contribution is 2.20. The van der Waals surface area contributed by atoms with E-state index in [4.69, 9.17) is 4.74 Å². The molecule has 1 aliphatic heterocycles. The van der Waals surface area contributed by atoms with Crippen LogP contribution in [0.2, 0.25) is 0 Å². The Bertz CT molecular complexity index is 200. The average molecular weight is 242 g/mol. The minimum atomic E-state index is 0.349. The number of rotatable bonds is 7. The first-order chi connectivity index (χ1) is 8.05. The molecule has 1 fully saturated rings. The molecule has 0 aromatic rings. The Balaban J connectivity index is 2.29. The van der Waals surface area contributed by atoms with Crippen LogP contribution in [-0.2, 0) is 4.74 Å². The quantitative estimate of drug-likeness (QED) is 0.692. The first-order valence-corrected chi connectivity index (χ1v) is 7.04. The summed E-state index contributed by atoms with van der Waals surface area (Å²) in [4.78, 5) is 2.52. The van der Waals surface area contributed by atoms with Crippen LogP contribution in [0.5, 0.6) is 0 Å². The summed E-state index contributed by atoms with van der Waals surface area (Å²) in [6.07, 6.45) is 3.59. The standard InChI is InChI=1S/C14H30N2O/c1-5-8-15-11-14(2,3)12-16(4)13-6-9-17-10-7-13/h13,15H,5-12H2,1-4H3. The van der Waals surface area contributed by atoms with Crippen molar-refractivity contribution >= 4 is 0 Å². The van der Waals surface area contributed by atoms with Crippen LogP contribution in [-0.4, -0.2) is 50.8 Å². The maximum absolute atomic E-state index is 5.42. The fourth-order valence-electron chi connectivity index (χ4n) is 2.59. The van der Waals surface area contributed by atoms with Crippen molar-refractivity contribution in [3.05, 3.63) is 0 Å². The third-order valence-electron chi connectivity index (χ3n) is 3.52. The summed E-state index contributed by atoms with van der Waals surface area (Å²) in [5.41, 5.74) is 0.349. The molecule has 0 aromatic carbocycles. The normalized spacial score (nSPS) is 18.9. The number of nitrogens with zero attached hydrogens (tertiary/aromatic N) is 1. The molecule has 1 aliphatic rings. The molecule has 1 heterocycles. The molecular formula is C14H30N2O. The lowest BCUT2D eigenvalue weighted by Crippen LogP contribution is -2.45. The van der Waals surface area contributed by atoms with Crippen molar-refractivity contribution in [2.24, 2.45) is 5.41 Å². The van der Waals surface area contributed by atoms with E-state index in [1.807, 2.05) is 0 Å². The molecule has 102 valence electrons. The van der Waals surface area contributed by atoms with Crippen molar-refractivity contribution in [3.8, 4) is 0 Å². The van der Waals surface area contributed by atoms with Crippen molar-refractivity contribution < 1.29 is 4.74 Å². The van der Waals surface area contributed by atoms with Gasteiger partial charge in [-0.05, 0) is 38.3 Å². The summed E-state index contributed by atoms with van der Waals surface area (Å²) in [7, 11) is 2.26. The van der Waals surface area contributed by atoms with Crippen LogP contribution in [0.25, 0.3) is 0 Å². The van der Waals surface area contributed by atoms with Crippen molar-refractivity contribution in [1.82, 2.24) is 10.2 Å². The van der Waals surface area contributed by atoms with Crippen LogP contribution in [0.1, 0.15) is 40.0 Å². The predicted octanol–water partition coefficient (Wildman–Crippen LogP) is 2.12. The molecule has 3 heteroatoms. The Morgan fingerprint density at radius 1 is 1.29 bits per heavy atom. The predicted molar refractivity (Wildman–Crippen MR) is 73.4 cm³/mol. The highest BCUT2D eigenvalue weighted by molar-refractivity contribution is 4.80. The first kappa shape index (κ1) is 14.9. The van der Waals surface area contributed by atoms with Crippen LogP contribution in [0.15, 0.2) is 0 Å². The van der Waals surface area contributed by atoms with Gasteiger partial charge in [0.25, 0.3) is 0 Å². The van der Waals surface area contributed by atoms with Gasteiger partial charge in [-0.3, -0.25) is 0 Å². The number of ether oxygens (including phenoxy) is 1. The lowest BCUT2D eigenvalue weighted by atomic mass is 9.91. The molecular weight excluding hydrogens is 212 g/mol. The molecule has 0 aliphatic carbocycles. The largest absolute Gasteiger partial charge is 0.381 e. The molecule has 0 aromatic heterocycles. The maximum atomic E-state index is 5.42. The van der Waals surface area contributed by atoms with Gasteiger partial charge in [-0.25, -0.2) is 0 Å². The molecule has 0 amide bonds. The molecule has 0 atom stereocenters. The van der Waals surface area contributed by atoms with Gasteiger partial charge >= 0.3 is 0 Å². The van der Waals surface area contributed by atoms with Gasteiger partial charge in [0.1, 0.15) is 0 Å². The zero-order chi connectivity index (χ0) is 12.7. The number of nitrogens with one attached hydrogen (secondary N) is 1. The highest BCUT2D eigenvalue weighted by Gasteiger charge is 2.25. The van der Waals surface area contributed by atoms with E-state index in [9.17, 15) is 0 Å². The van der Waals surface area contributed by atoms with Gasteiger partial charge in [0, 0.05) is 32.3 Å². The van der Waals surface area contributed by atoms with Crippen molar-refractivity contribution in [1.29, 1.82) is 0 Å². The lowest BCUT2D eigenvalue weighted by molar-refractivity contribution is 0.0314. The van der Waals surface area contributed by atoms with Crippen LogP contribution >= 0.6 is 0 Å². The summed E-state index contributed by atoms with van der Waals surface area (Å²) in [5, 5.41) is 3.53. The fourth-order valence-corrected chi connectivity index (χ4v) is 2.59. The lowest BCUT2D eigenvalue weighted by Gasteiger charge is -2.37. The van der Waals surface area contributed by atoms with Crippen LogP contribution in [0.4, 0.5) is 0 Å². The summed E-state index contributed by atoms with van der Waals surface area (Å²) >= 11 is 0. The fraction of sp³-hybridized carbons (Fsp3) is 1.00. The molecule has 1 N–H and O–H groups in total. The summed E-state index contributed by atoms with van der Waals surface area (Å²) < 4.78 is 5.42. The second kappa shape index (κ2) is 7.34. The number of hydrogen-bond donors (Lipinski definition) is 1. The Morgan fingerprint density at radius 2 is 1.94 bits per heavy atom. The smallest absolute Gasteiger partial charge is 0.0480 e. The molecule has 3 nitrogen and oxygen atoms in total. The van der Waals surface area contributed by atoms with Crippen molar-refractivity contribution in [3.63, 3.8) is 0 Å². The third-order valence-corrected chi connectivity index (χ3v) is 3.52. The topological polar surface area (TPSA) is 24.5 Å². The van der Waals surface area contributed by atoms with Gasteiger partial charge in [0.05, 0.1) is 0 Å². The van der Waals surface area contributed by atoms with E-state index in [1.165, 1.54) is 19.3 Å². The van der Waals surface area contributed by atoms with Crippen molar-refractivity contribution in [2.75, 3.05) is 39.9 Å². The van der Waals surface area contributed by atoms with Crippen LogP contribution < -0.4 is 5.32 Å². The van der Waals surface area contributed by atoms with E-state index < -0.39 is 0 Å². The van der Waals surface area contributed by atoms with E-state index in [0.29, 0.717) is 11.5 Å². The molecule has 1 rings (SSSR count). The Labute approximate surface area is 107 Å². The van der Waals surface area contributed by atoms with Gasteiger partial charge in [-0.1, -0.05) is 20.8 Å². The molecule has 17 heavy (non-hydrogen) atoms. The molecule has 0 radical (unpaired) electrons. The van der Waals surface area contributed by atoms with Crippen LogP contribution in [0, 0.1) is 5.41 Å². The molecule has 1 saturated heterocycles. The van der Waals surface area contributed by atoms with E-state index in [2.05, 4.69) is 38.0 Å². The van der Waals surface area contributed by atoms with Gasteiger partial charge in [0.15, 0.2) is 0 Å². The maximum Gasteiger partial charge on any atom is 0.0480 e. The first-order valence-electron chi connectivity index (χ1n) is 7.04. The second-order valence-electron chi connectivity index (χ2n) is 6.10. The summed E-state index contributed by atoms with van der Waals surface area (Å²) in [6.45, 7) is 12.2. The zero-order valence-corrected chi connectivity index (χ0v) is 12.1. The Hall–Kier alpha value is -0.120. The summed E-state index contributed by atoms with van der Waals surface area (Å²) in [6, 6.07) is 0.717. The minimum absolute atomic E-state index is 0.349. The average Bonchev–Trinajstić information content (AvgIpc) is 2.30. The Kier molecular flexibility index (Phi) is 6.45. The second-order valence-corrected chi connectivity index (χ2v) is 6.10. The molecule has 0 bridgehead atoms. The third kappa shape index (κ3) is 5.84.